The van der Waals surface area contributed by atoms with Crippen molar-refractivity contribution in [1.29, 1.82) is 0 Å². The van der Waals surface area contributed by atoms with E-state index < -0.39 is 0 Å². The summed E-state index contributed by atoms with van der Waals surface area (Å²) in [4.78, 5) is 0. The van der Waals surface area contributed by atoms with Gasteiger partial charge in [-0.1, -0.05) is 47.6 Å². The second-order valence-corrected chi connectivity index (χ2v) is 6.23. The molecule has 0 spiro atoms. The molecule has 1 N–H and O–H groups in total. The summed E-state index contributed by atoms with van der Waals surface area (Å²) < 4.78 is 0. The van der Waals surface area contributed by atoms with Crippen molar-refractivity contribution in [3.8, 4) is 0 Å². The van der Waals surface area contributed by atoms with E-state index in [0.29, 0.717) is 27.7 Å². The van der Waals surface area contributed by atoms with Crippen LogP contribution < -0.4 is 5.32 Å². The Morgan fingerprint density at radius 1 is 1.17 bits per heavy atom. The Hall–Kier alpha value is 0.0500. The molecule has 1 aromatic carbocycles. The van der Waals surface area contributed by atoms with Gasteiger partial charge in [-0.15, -0.1) is 0 Å². The van der Waals surface area contributed by atoms with E-state index in [9.17, 15) is 0 Å². The summed E-state index contributed by atoms with van der Waals surface area (Å²) in [6.45, 7) is 2.91. The van der Waals surface area contributed by atoms with Crippen LogP contribution in [0.5, 0.6) is 0 Å². The number of benzene rings is 1. The van der Waals surface area contributed by atoms with Crippen molar-refractivity contribution in [2.45, 2.75) is 45.2 Å². The van der Waals surface area contributed by atoms with Crippen LogP contribution in [0.2, 0.25) is 15.1 Å². The fraction of sp³-hybridized carbons (Fsp3) is 0.571. The Bertz CT molecular complexity index is 414. The largest absolute Gasteiger partial charge is 0.310 e. The van der Waals surface area contributed by atoms with E-state index >= 15 is 0 Å². The normalized spacial score (nSPS) is 18.2. The average Bonchev–Trinajstić information content (AvgIpc) is 2.87. The van der Waals surface area contributed by atoms with Crippen LogP contribution in [0.25, 0.3) is 0 Å². The molecule has 2 rings (SSSR count). The Morgan fingerprint density at radius 2 is 1.78 bits per heavy atom. The van der Waals surface area contributed by atoms with Crippen molar-refractivity contribution in [2.24, 2.45) is 5.92 Å². The molecule has 0 amide bonds. The average molecular weight is 307 g/mol. The summed E-state index contributed by atoms with van der Waals surface area (Å²) in [6.07, 6.45) is 5.36. The summed E-state index contributed by atoms with van der Waals surface area (Å²) in [7, 11) is 0. The summed E-state index contributed by atoms with van der Waals surface area (Å²) in [5, 5.41) is 5.33. The first-order valence-corrected chi connectivity index (χ1v) is 7.58. The predicted octanol–water partition coefficient (Wildman–Crippen LogP) is 5.32. The molecule has 0 radical (unpaired) electrons. The zero-order valence-electron chi connectivity index (χ0n) is 10.5. The molecule has 1 aliphatic carbocycles. The van der Waals surface area contributed by atoms with Crippen LogP contribution in [0.1, 0.15) is 38.2 Å². The van der Waals surface area contributed by atoms with Crippen molar-refractivity contribution in [3.05, 3.63) is 32.8 Å². The van der Waals surface area contributed by atoms with Gasteiger partial charge in [0, 0.05) is 23.2 Å². The van der Waals surface area contributed by atoms with Gasteiger partial charge in [0.15, 0.2) is 0 Å². The standard InChI is InChI=1S/C14H18Cl3N/c1-9(10-4-2-3-5-10)18-8-11-12(15)6-7-13(16)14(11)17/h6-7,9-10,18H,2-5,8H2,1H3. The Kier molecular flexibility index (Phi) is 5.20. The van der Waals surface area contributed by atoms with Crippen molar-refractivity contribution < 1.29 is 0 Å². The van der Waals surface area contributed by atoms with Crippen LogP contribution >= 0.6 is 34.8 Å². The summed E-state index contributed by atoms with van der Waals surface area (Å²) >= 11 is 18.4. The van der Waals surface area contributed by atoms with E-state index in [-0.39, 0.29) is 0 Å². The molecule has 1 aromatic rings. The van der Waals surface area contributed by atoms with Crippen molar-refractivity contribution >= 4 is 34.8 Å². The molecule has 1 aliphatic rings. The van der Waals surface area contributed by atoms with Gasteiger partial charge in [-0.05, 0) is 37.8 Å². The van der Waals surface area contributed by atoms with Crippen LogP contribution in [-0.2, 0) is 6.54 Å². The van der Waals surface area contributed by atoms with Crippen LogP contribution in [0, 0.1) is 5.92 Å². The van der Waals surface area contributed by atoms with Crippen molar-refractivity contribution in [1.82, 2.24) is 5.32 Å². The molecular weight excluding hydrogens is 289 g/mol. The lowest BCUT2D eigenvalue weighted by Gasteiger charge is -2.21. The maximum Gasteiger partial charge on any atom is 0.0652 e. The van der Waals surface area contributed by atoms with E-state index in [1.54, 1.807) is 12.1 Å². The second-order valence-electron chi connectivity index (χ2n) is 5.04. The predicted molar refractivity (Wildman–Crippen MR) is 79.7 cm³/mol. The smallest absolute Gasteiger partial charge is 0.0652 e. The van der Waals surface area contributed by atoms with Crippen molar-refractivity contribution in [2.75, 3.05) is 0 Å². The SMILES string of the molecule is CC(NCc1c(Cl)ccc(Cl)c1Cl)C1CCCC1. The fourth-order valence-corrected chi connectivity index (χ4v) is 3.30. The van der Waals surface area contributed by atoms with E-state index in [4.69, 9.17) is 34.8 Å². The lowest BCUT2D eigenvalue weighted by atomic mass is 9.99. The third kappa shape index (κ3) is 3.33. The first-order valence-electron chi connectivity index (χ1n) is 6.45. The molecule has 0 saturated heterocycles. The van der Waals surface area contributed by atoms with Gasteiger partial charge in [0.2, 0.25) is 0 Å². The van der Waals surface area contributed by atoms with Gasteiger partial charge in [0.05, 0.1) is 10.0 Å². The zero-order valence-corrected chi connectivity index (χ0v) is 12.7. The highest BCUT2D eigenvalue weighted by molar-refractivity contribution is 6.44. The van der Waals surface area contributed by atoms with E-state index in [0.717, 1.165) is 11.5 Å². The van der Waals surface area contributed by atoms with Crippen LogP contribution in [0.3, 0.4) is 0 Å². The van der Waals surface area contributed by atoms with E-state index in [2.05, 4.69) is 12.2 Å². The highest BCUT2D eigenvalue weighted by Gasteiger charge is 2.21. The fourth-order valence-electron chi connectivity index (χ4n) is 2.62. The summed E-state index contributed by atoms with van der Waals surface area (Å²) in [5.41, 5.74) is 0.899. The molecule has 4 heteroatoms. The van der Waals surface area contributed by atoms with Crippen LogP contribution in [0.4, 0.5) is 0 Å². The topological polar surface area (TPSA) is 12.0 Å². The molecule has 0 heterocycles. The summed E-state index contributed by atoms with van der Waals surface area (Å²) in [5.74, 6) is 0.779. The molecule has 18 heavy (non-hydrogen) atoms. The first kappa shape index (κ1) is 14.5. The third-order valence-electron chi connectivity index (χ3n) is 3.85. The Balaban J connectivity index is 1.99. The van der Waals surface area contributed by atoms with Gasteiger partial charge >= 0.3 is 0 Å². The summed E-state index contributed by atoms with van der Waals surface area (Å²) in [6, 6.07) is 4.03. The molecule has 0 aliphatic heterocycles. The molecule has 100 valence electrons. The molecule has 1 saturated carbocycles. The van der Waals surface area contributed by atoms with Gasteiger partial charge in [0.25, 0.3) is 0 Å². The number of hydrogen-bond acceptors (Lipinski definition) is 1. The van der Waals surface area contributed by atoms with E-state index in [1.165, 1.54) is 25.7 Å². The molecular formula is C14H18Cl3N. The monoisotopic (exact) mass is 305 g/mol. The molecule has 0 bridgehead atoms. The lowest BCUT2D eigenvalue weighted by molar-refractivity contribution is 0.380. The minimum Gasteiger partial charge on any atom is -0.310 e. The second kappa shape index (κ2) is 6.47. The number of halogens is 3. The molecule has 1 nitrogen and oxygen atoms in total. The van der Waals surface area contributed by atoms with E-state index in [1.807, 2.05) is 0 Å². The highest BCUT2D eigenvalue weighted by atomic mass is 35.5. The van der Waals surface area contributed by atoms with Gasteiger partial charge in [-0.3, -0.25) is 0 Å². The van der Waals surface area contributed by atoms with Gasteiger partial charge < -0.3 is 5.32 Å². The Labute approximate surface area is 124 Å². The minimum atomic E-state index is 0.499. The first-order chi connectivity index (χ1) is 8.59. The zero-order chi connectivity index (χ0) is 13.1. The molecule has 0 aromatic heterocycles. The minimum absolute atomic E-state index is 0.499. The number of nitrogens with one attached hydrogen (secondary N) is 1. The quantitative estimate of drug-likeness (QED) is 0.743. The lowest BCUT2D eigenvalue weighted by Crippen LogP contribution is -2.31. The maximum absolute atomic E-state index is 6.19. The van der Waals surface area contributed by atoms with Crippen molar-refractivity contribution in [3.63, 3.8) is 0 Å². The molecule has 1 unspecified atom stereocenters. The van der Waals surface area contributed by atoms with Gasteiger partial charge in [0.1, 0.15) is 0 Å². The Morgan fingerprint density at radius 3 is 2.44 bits per heavy atom. The molecule has 1 fully saturated rings. The maximum atomic E-state index is 6.19. The number of rotatable bonds is 4. The number of hydrogen-bond donors (Lipinski definition) is 1. The molecule has 1 atom stereocenters. The third-order valence-corrected chi connectivity index (χ3v) is 5.04. The highest BCUT2D eigenvalue weighted by Crippen LogP contribution is 2.32. The van der Waals surface area contributed by atoms with Gasteiger partial charge in [-0.2, -0.15) is 0 Å². The van der Waals surface area contributed by atoms with Crippen LogP contribution in [0.15, 0.2) is 12.1 Å². The van der Waals surface area contributed by atoms with Crippen LogP contribution in [-0.4, -0.2) is 6.04 Å². The van der Waals surface area contributed by atoms with Gasteiger partial charge in [-0.25, -0.2) is 0 Å².